The molecule has 0 aliphatic carbocycles. The highest BCUT2D eigenvalue weighted by Crippen LogP contribution is 2.31. The lowest BCUT2D eigenvalue weighted by Crippen LogP contribution is -2.37. The van der Waals surface area contributed by atoms with Gasteiger partial charge in [0.25, 0.3) is 0 Å². The van der Waals surface area contributed by atoms with Crippen LogP contribution in [0.15, 0.2) is 24.3 Å². The Morgan fingerprint density at radius 2 is 2.15 bits per heavy atom. The molecule has 3 rings (SSSR count). The summed E-state index contributed by atoms with van der Waals surface area (Å²) in [5, 5.41) is 5.59. The van der Waals surface area contributed by atoms with Gasteiger partial charge in [-0.1, -0.05) is 18.2 Å². The molecule has 2 atom stereocenters. The van der Waals surface area contributed by atoms with Crippen LogP contribution in [0.25, 0.3) is 0 Å². The zero-order valence-electron chi connectivity index (χ0n) is 11.1. The average molecular weight is 294 g/mol. The van der Waals surface area contributed by atoms with Gasteiger partial charge in [0.15, 0.2) is 9.84 Å². The molecule has 0 spiro atoms. The predicted molar refractivity (Wildman–Crippen MR) is 77.5 cm³/mol. The van der Waals surface area contributed by atoms with Gasteiger partial charge < -0.3 is 10.6 Å². The monoisotopic (exact) mass is 294 g/mol. The summed E-state index contributed by atoms with van der Waals surface area (Å²) in [5.74, 6) is -0.0682. The number of carbonyl (C=O) groups excluding carboxylic acids is 1. The number of rotatable bonds is 3. The van der Waals surface area contributed by atoms with Gasteiger partial charge in [-0.25, -0.2) is 8.42 Å². The van der Waals surface area contributed by atoms with E-state index >= 15 is 0 Å². The van der Waals surface area contributed by atoms with Crippen LogP contribution in [0.3, 0.4) is 0 Å². The first-order valence-electron chi connectivity index (χ1n) is 6.90. The van der Waals surface area contributed by atoms with E-state index in [1.54, 1.807) is 0 Å². The third-order valence-electron chi connectivity index (χ3n) is 4.12. The van der Waals surface area contributed by atoms with Crippen molar-refractivity contribution in [3.8, 4) is 0 Å². The molecule has 1 aromatic carbocycles. The number of benzene rings is 1. The molecule has 2 aliphatic rings. The first kappa shape index (κ1) is 13.4. The Morgan fingerprint density at radius 1 is 1.35 bits per heavy atom. The summed E-state index contributed by atoms with van der Waals surface area (Å²) in [5.41, 5.74) is 1.97. The Hall–Kier alpha value is -1.56. The number of para-hydroxylation sites is 1. The van der Waals surface area contributed by atoms with Crippen LogP contribution < -0.4 is 10.6 Å². The second-order valence-corrected chi connectivity index (χ2v) is 7.80. The van der Waals surface area contributed by atoms with Gasteiger partial charge in [-0.3, -0.25) is 4.79 Å². The standard InChI is InChI=1S/C14H18N2O3S/c17-14(16-8-10-4-3-7-20(10,18)19)12-9-15-13-6-2-1-5-11(12)13/h1-2,5-6,10,12,15H,3-4,7-9H2,(H,16,17). The average Bonchev–Trinajstić information content (AvgIpc) is 2.99. The van der Waals surface area contributed by atoms with Crippen molar-refractivity contribution in [3.05, 3.63) is 29.8 Å². The van der Waals surface area contributed by atoms with Crippen LogP contribution in [0.2, 0.25) is 0 Å². The Bertz CT molecular complexity index is 627. The van der Waals surface area contributed by atoms with Gasteiger partial charge in [0, 0.05) is 18.8 Å². The van der Waals surface area contributed by atoms with Crippen LogP contribution in [0, 0.1) is 0 Å². The van der Waals surface area contributed by atoms with Crippen LogP contribution >= 0.6 is 0 Å². The lowest BCUT2D eigenvalue weighted by Gasteiger charge is -2.14. The van der Waals surface area contributed by atoms with E-state index in [1.807, 2.05) is 24.3 Å². The molecule has 0 aromatic heterocycles. The second kappa shape index (κ2) is 5.09. The van der Waals surface area contributed by atoms with E-state index in [2.05, 4.69) is 10.6 Å². The predicted octanol–water partition coefficient (Wildman–Crippen LogP) is 0.889. The van der Waals surface area contributed by atoms with Crippen LogP contribution in [-0.4, -0.2) is 38.4 Å². The molecule has 5 nitrogen and oxygen atoms in total. The summed E-state index contributed by atoms with van der Waals surface area (Å²) in [7, 11) is -3.00. The van der Waals surface area contributed by atoms with Crippen molar-refractivity contribution in [2.24, 2.45) is 0 Å². The Kier molecular flexibility index (Phi) is 3.41. The third-order valence-corrected chi connectivity index (χ3v) is 6.39. The van der Waals surface area contributed by atoms with E-state index in [4.69, 9.17) is 0 Å². The van der Waals surface area contributed by atoms with E-state index < -0.39 is 15.1 Å². The Balaban J connectivity index is 1.64. The van der Waals surface area contributed by atoms with Gasteiger partial charge >= 0.3 is 0 Å². The third kappa shape index (κ3) is 2.40. The fourth-order valence-corrected chi connectivity index (χ4v) is 4.71. The van der Waals surface area contributed by atoms with Crippen LogP contribution in [0.4, 0.5) is 5.69 Å². The van der Waals surface area contributed by atoms with Gasteiger partial charge in [0.1, 0.15) is 0 Å². The maximum atomic E-state index is 12.2. The van der Waals surface area contributed by atoms with Crippen molar-refractivity contribution in [2.75, 3.05) is 24.2 Å². The number of fused-ring (bicyclic) bond motifs is 1. The largest absolute Gasteiger partial charge is 0.384 e. The molecule has 1 fully saturated rings. The lowest BCUT2D eigenvalue weighted by molar-refractivity contribution is -0.122. The molecule has 2 unspecified atom stereocenters. The summed E-state index contributed by atoms with van der Waals surface area (Å²) in [6, 6.07) is 7.72. The number of sulfone groups is 1. The normalized spacial score (nSPS) is 26.8. The fourth-order valence-electron chi connectivity index (χ4n) is 2.94. The van der Waals surface area contributed by atoms with Gasteiger partial charge in [-0.05, 0) is 24.5 Å². The number of nitrogens with one attached hydrogen (secondary N) is 2. The van der Waals surface area contributed by atoms with Crippen molar-refractivity contribution in [1.82, 2.24) is 5.32 Å². The van der Waals surface area contributed by atoms with E-state index in [0.717, 1.165) is 11.3 Å². The van der Waals surface area contributed by atoms with Crippen LogP contribution in [0.5, 0.6) is 0 Å². The number of amides is 1. The highest BCUT2D eigenvalue weighted by molar-refractivity contribution is 7.92. The summed E-state index contributed by atoms with van der Waals surface area (Å²) in [6.07, 6.45) is 1.36. The molecule has 1 aromatic rings. The van der Waals surface area contributed by atoms with Gasteiger partial charge in [-0.2, -0.15) is 0 Å². The number of hydrogen-bond acceptors (Lipinski definition) is 4. The smallest absolute Gasteiger partial charge is 0.229 e. The van der Waals surface area contributed by atoms with Crippen LogP contribution in [-0.2, 0) is 14.6 Å². The zero-order chi connectivity index (χ0) is 14.2. The minimum atomic E-state index is -3.00. The number of anilines is 1. The molecule has 1 amide bonds. The van der Waals surface area contributed by atoms with Crippen molar-refractivity contribution in [3.63, 3.8) is 0 Å². The number of carbonyl (C=O) groups is 1. The molecule has 1 saturated heterocycles. The molecule has 20 heavy (non-hydrogen) atoms. The summed E-state index contributed by atoms with van der Waals surface area (Å²) < 4.78 is 23.5. The van der Waals surface area contributed by atoms with Crippen LogP contribution in [0.1, 0.15) is 24.3 Å². The van der Waals surface area contributed by atoms with Gasteiger partial charge in [-0.15, -0.1) is 0 Å². The molecular weight excluding hydrogens is 276 g/mol. The van der Waals surface area contributed by atoms with Crippen molar-refractivity contribution < 1.29 is 13.2 Å². The van der Waals surface area contributed by atoms with E-state index in [9.17, 15) is 13.2 Å². The SMILES string of the molecule is O=C(NCC1CCCS1(=O)=O)C1CNc2ccccc21. The summed E-state index contributed by atoms with van der Waals surface area (Å²) in [4.78, 5) is 12.2. The maximum Gasteiger partial charge on any atom is 0.229 e. The highest BCUT2D eigenvalue weighted by atomic mass is 32.2. The molecule has 0 bridgehead atoms. The highest BCUT2D eigenvalue weighted by Gasteiger charge is 2.33. The summed E-state index contributed by atoms with van der Waals surface area (Å²) in [6.45, 7) is 0.808. The molecule has 2 N–H and O–H groups in total. The molecule has 6 heteroatoms. The molecular formula is C14H18N2O3S. The minimum Gasteiger partial charge on any atom is -0.384 e. The molecule has 2 heterocycles. The first-order valence-corrected chi connectivity index (χ1v) is 8.61. The molecule has 0 radical (unpaired) electrons. The second-order valence-electron chi connectivity index (χ2n) is 5.40. The van der Waals surface area contributed by atoms with E-state index in [1.165, 1.54) is 0 Å². The lowest BCUT2D eigenvalue weighted by atomic mass is 10.0. The van der Waals surface area contributed by atoms with Crippen molar-refractivity contribution in [2.45, 2.75) is 24.0 Å². The van der Waals surface area contributed by atoms with E-state index in [0.29, 0.717) is 19.4 Å². The summed E-state index contributed by atoms with van der Waals surface area (Å²) >= 11 is 0. The Morgan fingerprint density at radius 3 is 2.90 bits per heavy atom. The maximum absolute atomic E-state index is 12.2. The molecule has 2 aliphatic heterocycles. The van der Waals surface area contributed by atoms with Crippen molar-refractivity contribution >= 4 is 21.4 Å². The topological polar surface area (TPSA) is 75.3 Å². The quantitative estimate of drug-likeness (QED) is 0.868. The Labute approximate surface area is 118 Å². The first-order chi connectivity index (χ1) is 9.58. The van der Waals surface area contributed by atoms with E-state index in [-0.39, 0.29) is 24.1 Å². The minimum absolute atomic E-state index is 0.0930. The molecule has 0 saturated carbocycles. The molecule has 108 valence electrons. The van der Waals surface area contributed by atoms with Gasteiger partial charge in [0.05, 0.1) is 16.9 Å². The van der Waals surface area contributed by atoms with Gasteiger partial charge in [0.2, 0.25) is 5.91 Å². The number of hydrogen-bond donors (Lipinski definition) is 2. The fraction of sp³-hybridized carbons (Fsp3) is 0.500. The van der Waals surface area contributed by atoms with Crippen molar-refractivity contribution in [1.29, 1.82) is 0 Å². The zero-order valence-corrected chi connectivity index (χ0v) is 11.9.